The lowest BCUT2D eigenvalue weighted by molar-refractivity contribution is -0.123. The van der Waals surface area contributed by atoms with Gasteiger partial charge in [-0.15, -0.1) is 0 Å². The first-order chi connectivity index (χ1) is 15.4. The fraction of sp³-hybridized carbons (Fsp3) is 0.440. The van der Waals surface area contributed by atoms with E-state index < -0.39 is 0 Å². The van der Waals surface area contributed by atoms with E-state index in [0.717, 1.165) is 28.7 Å². The lowest BCUT2D eigenvalue weighted by Crippen LogP contribution is -2.30. The highest BCUT2D eigenvalue weighted by atomic mass is 16.5. The predicted octanol–water partition coefficient (Wildman–Crippen LogP) is 3.51. The normalized spacial score (nSPS) is 20.8. The largest absolute Gasteiger partial charge is 0.493 e. The number of benzene rings is 1. The van der Waals surface area contributed by atoms with Gasteiger partial charge in [0.2, 0.25) is 17.1 Å². The van der Waals surface area contributed by atoms with E-state index in [9.17, 15) is 9.59 Å². The molecule has 1 saturated carbocycles. The van der Waals surface area contributed by atoms with Crippen LogP contribution in [0.5, 0.6) is 23.0 Å². The van der Waals surface area contributed by atoms with Gasteiger partial charge in [-0.3, -0.25) is 9.59 Å². The fourth-order valence-electron chi connectivity index (χ4n) is 4.58. The summed E-state index contributed by atoms with van der Waals surface area (Å²) in [6.45, 7) is 2.07. The van der Waals surface area contributed by atoms with Crippen molar-refractivity contribution in [3.8, 4) is 34.1 Å². The standard InChI is InChI=1S/C25H29NO6/c1-13-10-16(13)25(28)26-18-8-6-14-11-21(30-3)23(31-4)24(32-5)22(14)15-7-9-20(29-2)19(27)12-17(15)18/h7,9,11-13,16,18H,6,8,10H2,1-5H3,(H,26,28)/t13?,16?,18-/m0/s1. The summed E-state index contributed by atoms with van der Waals surface area (Å²) in [6, 6.07) is 6.71. The first-order valence-corrected chi connectivity index (χ1v) is 10.8. The molecule has 0 saturated heterocycles. The molecule has 0 heterocycles. The quantitative estimate of drug-likeness (QED) is 0.742. The molecule has 2 aromatic carbocycles. The highest BCUT2D eigenvalue weighted by molar-refractivity contribution is 5.85. The van der Waals surface area contributed by atoms with Gasteiger partial charge in [0.15, 0.2) is 17.2 Å². The monoisotopic (exact) mass is 439 g/mol. The van der Waals surface area contributed by atoms with Crippen molar-refractivity contribution in [1.82, 2.24) is 5.32 Å². The molecule has 7 nitrogen and oxygen atoms in total. The van der Waals surface area contributed by atoms with E-state index in [1.165, 1.54) is 7.11 Å². The molecule has 0 spiro atoms. The van der Waals surface area contributed by atoms with Gasteiger partial charge in [-0.2, -0.15) is 0 Å². The van der Waals surface area contributed by atoms with Crippen LogP contribution in [0.1, 0.15) is 36.9 Å². The third-order valence-corrected chi connectivity index (χ3v) is 6.48. The van der Waals surface area contributed by atoms with Gasteiger partial charge in [0.05, 0.1) is 34.5 Å². The topological polar surface area (TPSA) is 83.1 Å². The van der Waals surface area contributed by atoms with Crippen molar-refractivity contribution in [1.29, 1.82) is 0 Å². The minimum absolute atomic E-state index is 0.0347. The van der Waals surface area contributed by atoms with Gasteiger partial charge in [-0.05, 0) is 60.1 Å². The number of aryl methyl sites for hydroxylation is 1. The number of ether oxygens (including phenoxy) is 4. The summed E-state index contributed by atoms with van der Waals surface area (Å²) >= 11 is 0. The summed E-state index contributed by atoms with van der Waals surface area (Å²) < 4.78 is 22.2. The zero-order valence-electron chi connectivity index (χ0n) is 19.1. The molecule has 4 rings (SSSR count). The Morgan fingerprint density at radius 1 is 0.969 bits per heavy atom. The number of amides is 1. The lowest BCUT2D eigenvalue weighted by Gasteiger charge is -2.20. The van der Waals surface area contributed by atoms with E-state index in [-0.39, 0.29) is 29.0 Å². The maximum Gasteiger partial charge on any atom is 0.223 e. The molecule has 3 atom stereocenters. The van der Waals surface area contributed by atoms with Crippen LogP contribution in [0.4, 0.5) is 0 Å². The van der Waals surface area contributed by atoms with E-state index >= 15 is 0 Å². The average Bonchev–Trinajstić information content (AvgIpc) is 3.57. The smallest absolute Gasteiger partial charge is 0.223 e. The summed E-state index contributed by atoms with van der Waals surface area (Å²) in [5.41, 5.74) is 3.12. The van der Waals surface area contributed by atoms with E-state index in [2.05, 4.69) is 12.2 Å². The molecule has 1 N–H and O–H groups in total. The molecule has 2 aromatic rings. The molecule has 2 aliphatic rings. The summed E-state index contributed by atoms with van der Waals surface area (Å²) in [4.78, 5) is 25.7. The van der Waals surface area contributed by atoms with Crippen LogP contribution in [-0.4, -0.2) is 34.3 Å². The van der Waals surface area contributed by atoms with Crippen LogP contribution in [0.25, 0.3) is 11.1 Å². The molecule has 2 aliphatic carbocycles. The van der Waals surface area contributed by atoms with E-state index in [1.54, 1.807) is 33.5 Å². The van der Waals surface area contributed by atoms with Crippen molar-refractivity contribution in [3.05, 3.63) is 45.6 Å². The molecule has 7 heteroatoms. The van der Waals surface area contributed by atoms with Crippen molar-refractivity contribution in [2.75, 3.05) is 28.4 Å². The number of carbonyl (C=O) groups is 1. The highest BCUT2D eigenvalue weighted by Gasteiger charge is 2.40. The number of carbonyl (C=O) groups excluding carboxylic acids is 1. The zero-order valence-corrected chi connectivity index (χ0v) is 19.1. The molecule has 0 aliphatic heterocycles. The Bertz CT molecular complexity index is 1110. The first-order valence-electron chi connectivity index (χ1n) is 10.8. The Morgan fingerprint density at radius 2 is 1.66 bits per heavy atom. The molecule has 32 heavy (non-hydrogen) atoms. The van der Waals surface area contributed by atoms with Crippen molar-refractivity contribution < 1.29 is 23.7 Å². The third-order valence-electron chi connectivity index (χ3n) is 6.48. The van der Waals surface area contributed by atoms with Crippen LogP contribution < -0.4 is 29.7 Å². The Morgan fingerprint density at radius 3 is 2.25 bits per heavy atom. The molecule has 1 amide bonds. The highest BCUT2D eigenvalue weighted by Crippen LogP contribution is 2.50. The molecular weight excluding hydrogens is 410 g/mol. The van der Waals surface area contributed by atoms with Gasteiger partial charge < -0.3 is 24.3 Å². The molecule has 2 unspecified atom stereocenters. The van der Waals surface area contributed by atoms with Crippen molar-refractivity contribution in [2.45, 2.75) is 32.2 Å². The summed E-state index contributed by atoms with van der Waals surface area (Å²) in [6.07, 6.45) is 2.20. The second-order valence-corrected chi connectivity index (χ2v) is 8.38. The number of methoxy groups -OCH3 is 4. The lowest BCUT2D eigenvalue weighted by atomic mass is 9.95. The van der Waals surface area contributed by atoms with Gasteiger partial charge in [0.1, 0.15) is 0 Å². The number of hydrogen-bond acceptors (Lipinski definition) is 6. The maximum absolute atomic E-state index is 12.8. The molecular formula is C25H29NO6. The van der Waals surface area contributed by atoms with Crippen LogP contribution in [0, 0.1) is 11.8 Å². The minimum atomic E-state index is -0.316. The van der Waals surface area contributed by atoms with Crippen molar-refractivity contribution in [3.63, 3.8) is 0 Å². The Hall–Kier alpha value is -3.22. The predicted molar refractivity (Wildman–Crippen MR) is 121 cm³/mol. The number of nitrogens with one attached hydrogen (secondary N) is 1. The van der Waals surface area contributed by atoms with Crippen LogP contribution in [0.3, 0.4) is 0 Å². The van der Waals surface area contributed by atoms with Gasteiger partial charge in [-0.25, -0.2) is 0 Å². The summed E-state index contributed by atoms with van der Waals surface area (Å²) in [7, 11) is 6.20. The first kappa shape index (κ1) is 22.0. The molecule has 1 fully saturated rings. The third kappa shape index (κ3) is 3.76. The van der Waals surface area contributed by atoms with E-state index in [4.69, 9.17) is 18.9 Å². The second kappa shape index (κ2) is 8.73. The maximum atomic E-state index is 12.8. The molecule has 0 aromatic heterocycles. The zero-order chi connectivity index (χ0) is 23.0. The second-order valence-electron chi connectivity index (χ2n) is 8.38. The Kier molecular flexibility index (Phi) is 6.00. The van der Waals surface area contributed by atoms with Crippen molar-refractivity contribution >= 4 is 5.91 Å². The SMILES string of the molecule is COc1cc2c(c(OC)c1OC)-c1ccc(OC)c(=O)cc1[C@@H](NC(=O)C1CC1C)CC2. The van der Waals surface area contributed by atoms with Gasteiger partial charge in [0.25, 0.3) is 0 Å². The molecule has 170 valence electrons. The van der Waals surface area contributed by atoms with Crippen molar-refractivity contribution in [2.24, 2.45) is 11.8 Å². The van der Waals surface area contributed by atoms with Gasteiger partial charge in [-0.1, -0.05) is 13.0 Å². The number of rotatable bonds is 6. The molecule has 0 bridgehead atoms. The van der Waals surface area contributed by atoms with Crippen LogP contribution in [-0.2, 0) is 11.2 Å². The van der Waals surface area contributed by atoms with Gasteiger partial charge >= 0.3 is 0 Å². The van der Waals surface area contributed by atoms with Gasteiger partial charge in [0, 0.05) is 11.5 Å². The van der Waals surface area contributed by atoms with Crippen LogP contribution in [0.15, 0.2) is 29.1 Å². The fourth-order valence-corrected chi connectivity index (χ4v) is 4.58. The Labute approximate surface area is 187 Å². The Balaban J connectivity index is 1.95. The summed E-state index contributed by atoms with van der Waals surface area (Å²) in [5, 5.41) is 3.19. The molecule has 0 radical (unpaired) electrons. The van der Waals surface area contributed by atoms with E-state index in [0.29, 0.717) is 36.0 Å². The number of fused-ring (bicyclic) bond motifs is 3. The minimum Gasteiger partial charge on any atom is -0.493 e. The van der Waals surface area contributed by atoms with Crippen LogP contribution in [0.2, 0.25) is 0 Å². The average molecular weight is 440 g/mol. The summed E-state index contributed by atoms with van der Waals surface area (Å²) in [5.74, 6) is 2.29. The van der Waals surface area contributed by atoms with Crippen LogP contribution >= 0.6 is 0 Å². The number of hydrogen-bond donors (Lipinski definition) is 1. The van der Waals surface area contributed by atoms with E-state index in [1.807, 2.05) is 12.1 Å².